The fourth-order valence-corrected chi connectivity index (χ4v) is 2.54. The molecule has 0 atom stereocenters. The molecular weight excluding hydrogens is 264 g/mol. The molecule has 5 heteroatoms. The monoisotopic (exact) mass is 276 g/mol. The first kappa shape index (κ1) is 11.7. The number of nitrogen functional groups attached to an aromatic ring is 1. The molecule has 0 radical (unpaired) electrons. The highest BCUT2D eigenvalue weighted by Crippen LogP contribution is 2.22. The molecule has 0 aliphatic carbocycles. The highest BCUT2D eigenvalue weighted by atomic mass is 16.1. The van der Waals surface area contributed by atoms with Crippen LogP contribution in [0.2, 0.25) is 0 Å². The van der Waals surface area contributed by atoms with Crippen molar-refractivity contribution >= 4 is 27.5 Å². The molecule has 0 unspecified atom stereocenters. The molecule has 0 aliphatic rings. The second kappa shape index (κ2) is 4.21. The topological polar surface area (TPSA) is 76.7 Å². The third-order valence-corrected chi connectivity index (χ3v) is 3.56. The van der Waals surface area contributed by atoms with Crippen molar-refractivity contribution in [3.05, 3.63) is 65.1 Å². The van der Waals surface area contributed by atoms with Crippen molar-refractivity contribution in [2.45, 2.75) is 0 Å². The van der Waals surface area contributed by atoms with Crippen molar-refractivity contribution < 1.29 is 0 Å². The van der Waals surface area contributed by atoms with Crippen LogP contribution in [0.1, 0.15) is 0 Å². The standard InChI is InChI=1S/C16H12N4O/c17-10-6-7-12-14(8-10)18-9-13-15(12)19-20(16(13)21)11-4-2-1-3-5-11/h1-9,19H,17H2. The van der Waals surface area contributed by atoms with Crippen molar-refractivity contribution in [2.24, 2.45) is 0 Å². The van der Waals surface area contributed by atoms with Crippen molar-refractivity contribution in [1.82, 2.24) is 14.8 Å². The molecule has 0 saturated heterocycles. The zero-order valence-corrected chi connectivity index (χ0v) is 11.1. The number of benzene rings is 2. The summed E-state index contributed by atoms with van der Waals surface area (Å²) in [5.41, 5.74) is 8.65. The molecule has 4 aromatic rings. The first-order valence-corrected chi connectivity index (χ1v) is 6.58. The van der Waals surface area contributed by atoms with Gasteiger partial charge in [0.15, 0.2) is 0 Å². The van der Waals surface area contributed by atoms with Crippen LogP contribution >= 0.6 is 0 Å². The van der Waals surface area contributed by atoms with E-state index in [1.165, 1.54) is 4.68 Å². The van der Waals surface area contributed by atoms with Crippen LogP contribution in [0.5, 0.6) is 0 Å². The van der Waals surface area contributed by atoms with E-state index in [1.54, 1.807) is 12.3 Å². The van der Waals surface area contributed by atoms with Crippen LogP contribution in [0.15, 0.2) is 59.5 Å². The number of nitrogens with one attached hydrogen (secondary N) is 1. The lowest BCUT2D eigenvalue weighted by Gasteiger charge is -2.00. The summed E-state index contributed by atoms with van der Waals surface area (Å²) in [5, 5.41) is 4.61. The van der Waals surface area contributed by atoms with Crippen LogP contribution in [0.4, 0.5) is 5.69 Å². The SMILES string of the molecule is Nc1ccc2c(c1)ncc1c(=O)n(-c3ccccc3)[nH]c12. The Labute approximate surface area is 119 Å². The van der Waals surface area contributed by atoms with Gasteiger partial charge in [0.05, 0.1) is 22.1 Å². The summed E-state index contributed by atoms with van der Waals surface area (Å²) >= 11 is 0. The summed E-state index contributed by atoms with van der Waals surface area (Å²) in [5.74, 6) is 0. The minimum Gasteiger partial charge on any atom is -0.399 e. The first-order chi connectivity index (χ1) is 10.2. The van der Waals surface area contributed by atoms with Crippen LogP contribution in [-0.4, -0.2) is 14.8 Å². The smallest absolute Gasteiger partial charge is 0.280 e. The Balaban J connectivity index is 2.11. The molecule has 102 valence electrons. The summed E-state index contributed by atoms with van der Waals surface area (Å²) < 4.78 is 1.53. The van der Waals surface area contributed by atoms with Crippen LogP contribution < -0.4 is 11.3 Å². The maximum atomic E-state index is 12.5. The van der Waals surface area contributed by atoms with E-state index in [4.69, 9.17) is 5.73 Å². The van der Waals surface area contributed by atoms with E-state index in [2.05, 4.69) is 10.1 Å². The fourth-order valence-electron chi connectivity index (χ4n) is 2.54. The highest BCUT2D eigenvalue weighted by molar-refractivity contribution is 6.03. The van der Waals surface area contributed by atoms with Gasteiger partial charge in [0.1, 0.15) is 0 Å². The molecule has 2 aromatic heterocycles. The molecular formula is C16H12N4O. The third-order valence-electron chi connectivity index (χ3n) is 3.56. The summed E-state index contributed by atoms with van der Waals surface area (Å²) in [7, 11) is 0. The number of hydrogen-bond donors (Lipinski definition) is 2. The molecule has 3 N–H and O–H groups in total. The minimum atomic E-state index is -0.109. The summed E-state index contributed by atoms with van der Waals surface area (Å²) in [6.45, 7) is 0. The average Bonchev–Trinajstić information content (AvgIpc) is 2.85. The fraction of sp³-hybridized carbons (Fsp3) is 0. The average molecular weight is 276 g/mol. The quantitative estimate of drug-likeness (QED) is 0.524. The molecule has 0 spiro atoms. The number of H-pyrrole nitrogens is 1. The van der Waals surface area contributed by atoms with Gasteiger partial charge in [0, 0.05) is 17.3 Å². The summed E-state index contributed by atoms with van der Waals surface area (Å²) in [4.78, 5) is 16.8. The van der Waals surface area contributed by atoms with Crippen LogP contribution in [-0.2, 0) is 0 Å². The van der Waals surface area contributed by atoms with Crippen LogP contribution in [0.3, 0.4) is 0 Å². The second-order valence-electron chi connectivity index (χ2n) is 4.91. The van der Waals surface area contributed by atoms with Gasteiger partial charge in [-0.25, -0.2) is 4.68 Å². The Morgan fingerprint density at radius 2 is 1.86 bits per heavy atom. The summed E-state index contributed by atoms with van der Waals surface area (Å²) in [6.07, 6.45) is 1.59. The molecule has 4 rings (SSSR count). The van der Waals surface area contributed by atoms with Gasteiger partial charge in [-0.3, -0.25) is 14.9 Å². The highest BCUT2D eigenvalue weighted by Gasteiger charge is 2.11. The number of aromatic nitrogens is 3. The number of para-hydroxylation sites is 1. The number of hydrogen-bond acceptors (Lipinski definition) is 3. The lowest BCUT2D eigenvalue weighted by atomic mass is 10.1. The van der Waals surface area contributed by atoms with Gasteiger partial charge in [0.2, 0.25) is 0 Å². The predicted octanol–water partition coefficient (Wildman–Crippen LogP) is 2.45. The van der Waals surface area contributed by atoms with E-state index in [0.29, 0.717) is 11.1 Å². The predicted molar refractivity (Wildman–Crippen MR) is 83.6 cm³/mol. The maximum absolute atomic E-state index is 12.5. The zero-order valence-electron chi connectivity index (χ0n) is 11.1. The van der Waals surface area contributed by atoms with E-state index < -0.39 is 0 Å². The number of nitrogens with two attached hydrogens (primary N) is 1. The van der Waals surface area contributed by atoms with Gasteiger partial charge in [-0.15, -0.1) is 0 Å². The molecule has 5 nitrogen and oxygen atoms in total. The Hall–Kier alpha value is -3.08. The van der Waals surface area contributed by atoms with E-state index in [1.807, 2.05) is 42.5 Å². The number of pyridine rings is 1. The van der Waals surface area contributed by atoms with E-state index in [9.17, 15) is 4.79 Å². The zero-order chi connectivity index (χ0) is 14.4. The Bertz CT molecular complexity index is 1010. The van der Waals surface area contributed by atoms with Crippen LogP contribution in [0, 0.1) is 0 Å². The number of anilines is 1. The number of nitrogens with zero attached hydrogens (tertiary/aromatic N) is 2. The first-order valence-electron chi connectivity index (χ1n) is 6.58. The van der Waals surface area contributed by atoms with Gasteiger partial charge < -0.3 is 5.73 Å². The molecule has 21 heavy (non-hydrogen) atoms. The maximum Gasteiger partial charge on any atom is 0.280 e. The molecule has 0 amide bonds. The van der Waals surface area contributed by atoms with Crippen LogP contribution in [0.25, 0.3) is 27.5 Å². The van der Waals surface area contributed by atoms with Gasteiger partial charge in [-0.2, -0.15) is 0 Å². The molecule has 2 aromatic carbocycles. The van der Waals surface area contributed by atoms with Gasteiger partial charge in [-0.1, -0.05) is 18.2 Å². The van der Waals surface area contributed by atoms with Crippen molar-refractivity contribution in [1.29, 1.82) is 0 Å². The number of fused-ring (bicyclic) bond motifs is 3. The second-order valence-corrected chi connectivity index (χ2v) is 4.91. The Morgan fingerprint density at radius 1 is 1.05 bits per heavy atom. The van der Waals surface area contributed by atoms with E-state index >= 15 is 0 Å². The van der Waals surface area contributed by atoms with E-state index in [-0.39, 0.29) is 5.56 Å². The van der Waals surface area contributed by atoms with E-state index in [0.717, 1.165) is 22.1 Å². The Kier molecular flexibility index (Phi) is 2.35. The van der Waals surface area contributed by atoms with Gasteiger partial charge >= 0.3 is 0 Å². The molecule has 0 bridgehead atoms. The largest absolute Gasteiger partial charge is 0.399 e. The van der Waals surface area contributed by atoms with Crippen molar-refractivity contribution in [3.8, 4) is 5.69 Å². The van der Waals surface area contributed by atoms with Gasteiger partial charge in [-0.05, 0) is 30.3 Å². The third kappa shape index (κ3) is 1.71. The van der Waals surface area contributed by atoms with Crippen molar-refractivity contribution in [2.75, 3.05) is 5.73 Å². The Morgan fingerprint density at radius 3 is 2.67 bits per heavy atom. The molecule has 0 saturated carbocycles. The van der Waals surface area contributed by atoms with Crippen molar-refractivity contribution in [3.63, 3.8) is 0 Å². The molecule has 2 heterocycles. The summed E-state index contributed by atoms with van der Waals surface area (Å²) in [6, 6.07) is 14.9. The lowest BCUT2D eigenvalue weighted by molar-refractivity contribution is 0.864. The number of rotatable bonds is 1. The normalized spacial score (nSPS) is 11.2. The minimum absolute atomic E-state index is 0.109. The lowest BCUT2D eigenvalue weighted by Crippen LogP contribution is -2.13. The van der Waals surface area contributed by atoms with Gasteiger partial charge in [0.25, 0.3) is 5.56 Å². The number of aromatic amines is 1. The molecule has 0 fully saturated rings. The molecule has 0 aliphatic heterocycles.